The minimum absolute atomic E-state index is 0.0387. The maximum Gasteiger partial charge on any atom is 0.333 e. The summed E-state index contributed by atoms with van der Waals surface area (Å²) in [6, 6.07) is 4.97. The predicted octanol–water partition coefficient (Wildman–Crippen LogP) is 3.57. The molecule has 1 aromatic rings. The molecule has 1 unspecified atom stereocenters. The van der Waals surface area contributed by atoms with E-state index in [0.717, 1.165) is 10.0 Å². The van der Waals surface area contributed by atoms with Crippen LogP contribution in [0.1, 0.15) is 17.5 Å². The number of aryl methyl sites for hydroxylation is 1. The van der Waals surface area contributed by atoms with Gasteiger partial charge in [0, 0.05) is 4.47 Å². The number of rotatable bonds is 1. The minimum Gasteiger partial charge on any atom is -0.378 e. The predicted molar refractivity (Wildman–Crippen MR) is 60.2 cm³/mol. The summed E-state index contributed by atoms with van der Waals surface area (Å²) in [7, 11) is 0. The van der Waals surface area contributed by atoms with Crippen LogP contribution < -0.4 is 0 Å². The van der Waals surface area contributed by atoms with Crippen molar-refractivity contribution in [2.24, 2.45) is 0 Å². The molecule has 1 aromatic carbocycles. The molecule has 1 N–H and O–H groups in total. The molecule has 0 aliphatic heterocycles. The van der Waals surface area contributed by atoms with Crippen molar-refractivity contribution in [1.29, 1.82) is 0 Å². The highest BCUT2D eigenvalue weighted by Crippen LogP contribution is 2.50. The smallest absolute Gasteiger partial charge is 0.333 e. The van der Waals surface area contributed by atoms with E-state index in [-0.39, 0.29) is 6.42 Å². The molecule has 0 amide bonds. The number of aliphatic hydroxyl groups is 1. The Hall–Kier alpha value is -0.000000000000000111. The Balaban J connectivity index is 2.53. The van der Waals surface area contributed by atoms with Gasteiger partial charge in [0.1, 0.15) is 0 Å². The van der Waals surface area contributed by atoms with Gasteiger partial charge < -0.3 is 5.11 Å². The first-order valence-electron chi connectivity index (χ1n) is 4.42. The average molecular weight is 342 g/mol. The Morgan fingerprint density at radius 2 is 2.07 bits per heavy atom. The molecule has 0 radical (unpaired) electrons. The summed E-state index contributed by atoms with van der Waals surface area (Å²) in [5.74, 6) is 0. The highest BCUT2D eigenvalue weighted by molar-refractivity contribution is 9.10. The van der Waals surface area contributed by atoms with Gasteiger partial charge in [0.15, 0.2) is 5.60 Å². The summed E-state index contributed by atoms with van der Waals surface area (Å²) >= 11 is 5.53. The van der Waals surface area contributed by atoms with Gasteiger partial charge in [-0.2, -0.15) is 8.78 Å². The van der Waals surface area contributed by atoms with Crippen molar-refractivity contribution in [3.8, 4) is 0 Å². The fourth-order valence-corrected chi connectivity index (χ4v) is 2.74. The SMILES string of the molecule is OC1(C(F)(F)Br)CCc2cc(Br)ccc21. The van der Waals surface area contributed by atoms with Crippen molar-refractivity contribution >= 4 is 31.9 Å². The van der Waals surface area contributed by atoms with Crippen molar-refractivity contribution < 1.29 is 13.9 Å². The summed E-state index contributed by atoms with van der Waals surface area (Å²) in [5, 5.41) is 9.96. The van der Waals surface area contributed by atoms with Gasteiger partial charge >= 0.3 is 4.83 Å². The van der Waals surface area contributed by atoms with Crippen LogP contribution in [0, 0.1) is 0 Å². The third kappa shape index (κ3) is 1.74. The summed E-state index contributed by atoms with van der Waals surface area (Å²) in [5.41, 5.74) is -0.998. The molecule has 0 spiro atoms. The number of benzene rings is 1. The van der Waals surface area contributed by atoms with E-state index in [1.165, 1.54) is 0 Å². The van der Waals surface area contributed by atoms with Crippen LogP contribution in [-0.2, 0) is 12.0 Å². The minimum atomic E-state index is -3.29. The molecule has 2 rings (SSSR count). The van der Waals surface area contributed by atoms with E-state index in [2.05, 4.69) is 31.9 Å². The largest absolute Gasteiger partial charge is 0.378 e. The van der Waals surface area contributed by atoms with Crippen molar-refractivity contribution in [2.75, 3.05) is 0 Å². The Kier molecular flexibility index (Phi) is 2.68. The lowest BCUT2D eigenvalue weighted by atomic mass is 9.97. The maximum atomic E-state index is 13.2. The van der Waals surface area contributed by atoms with E-state index in [9.17, 15) is 13.9 Å². The van der Waals surface area contributed by atoms with E-state index in [1.807, 2.05) is 0 Å². The molecule has 1 nitrogen and oxygen atoms in total. The number of hydrogen-bond acceptors (Lipinski definition) is 1. The van der Waals surface area contributed by atoms with Gasteiger partial charge in [-0.3, -0.25) is 0 Å². The van der Waals surface area contributed by atoms with Crippen LogP contribution in [0.4, 0.5) is 8.78 Å². The zero-order chi connectivity index (χ0) is 11.3. The average Bonchev–Trinajstić information content (AvgIpc) is 2.43. The quantitative estimate of drug-likeness (QED) is 0.774. The van der Waals surface area contributed by atoms with Crippen LogP contribution in [0.3, 0.4) is 0 Å². The third-order valence-electron chi connectivity index (χ3n) is 2.74. The maximum absolute atomic E-state index is 13.2. The number of fused-ring (bicyclic) bond motifs is 1. The molecule has 1 aliphatic carbocycles. The fourth-order valence-electron chi connectivity index (χ4n) is 1.92. The van der Waals surface area contributed by atoms with E-state index in [1.54, 1.807) is 18.2 Å². The zero-order valence-electron chi connectivity index (χ0n) is 7.61. The Morgan fingerprint density at radius 3 is 2.67 bits per heavy atom. The van der Waals surface area contributed by atoms with Gasteiger partial charge in [0.2, 0.25) is 0 Å². The third-order valence-corrected chi connectivity index (χ3v) is 3.89. The molecule has 5 heteroatoms. The molecule has 0 fully saturated rings. The second kappa shape index (κ2) is 3.50. The lowest BCUT2D eigenvalue weighted by Gasteiger charge is -2.28. The first kappa shape index (κ1) is 11.5. The summed E-state index contributed by atoms with van der Waals surface area (Å²) in [6.45, 7) is 0. The van der Waals surface area contributed by atoms with Crippen LogP contribution in [-0.4, -0.2) is 9.94 Å². The van der Waals surface area contributed by atoms with Gasteiger partial charge in [-0.25, -0.2) is 0 Å². The topological polar surface area (TPSA) is 20.2 Å². The first-order chi connectivity index (χ1) is 6.84. The summed E-state index contributed by atoms with van der Waals surface area (Å²) in [6.07, 6.45) is 0.503. The first-order valence-corrected chi connectivity index (χ1v) is 6.01. The van der Waals surface area contributed by atoms with Gasteiger partial charge in [-0.1, -0.05) is 22.0 Å². The molecule has 0 saturated heterocycles. The van der Waals surface area contributed by atoms with Crippen molar-refractivity contribution in [3.05, 3.63) is 33.8 Å². The van der Waals surface area contributed by atoms with E-state index in [0.29, 0.717) is 12.0 Å². The normalized spacial score (nSPS) is 25.4. The number of halogens is 4. The standard InChI is InChI=1S/C10H8Br2F2O/c11-7-1-2-8-6(5-7)3-4-9(8,15)10(12,13)14/h1-2,5,15H,3-4H2. The lowest BCUT2D eigenvalue weighted by molar-refractivity contribution is -0.120. The molecular weight excluding hydrogens is 334 g/mol. The lowest BCUT2D eigenvalue weighted by Crippen LogP contribution is -2.38. The van der Waals surface area contributed by atoms with Crippen LogP contribution in [0.25, 0.3) is 0 Å². The van der Waals surface area contributed by atoms with E-state index in [4.69, 9.17) is 0 Å². The molecule has 0 bridgehead atoms. The van der Waals surface area contributed by atoms with E-state index >= 15 is 0 Å². The summed E-state index contributed by atoms with van der Waals surface area (Å²) in [4.78, 5) is -3.29. The highest BCUT2D eigenvalue weighted by atomic mass is 79.9. The Bertz CT molecular complexity index is 403. The zero-order valence-corrected chi connectivity index (χ0v) is 10.8. The molecule has 82 valence electrons. The molecular formula is C10H8Br2F2O. The molecule has 1 atom stereocenters. The molecule has 0 heterocycles. The Labute approximate surface area is 103 Å². The van der Waals surface area contributed by atoms with Gasteiger partial charge in [-0.15, -0.1) is 0 Å². The van der Waals surface area contributed by atoms with Crippen molar-refractivity contribution in [1.82, 2.24) is 0 Å². The van der Waals surface area contributed by atoms with Gasteiger partial charge in [0.05, 0.1) is 0 Å². The summed E-state index contributed by atoms with van der Waals surface area (Å²) < 4.78 is 27.3. The van der Waals surface area contributed by atoms with E-state index < -0.39 is 10.4 Å². The second-order valence-corrected chi connectivity index (χ2v) is 5.57. The highest BCUT2D eigenvalue weighted by Gasteiger charge is 2.55. The van der Waals surface area contributed by atoms with Crippen LogP contribution in [0.15, 0.2) is 22.7 Å². The van der Waals surface area contributed by atoms with Crippen LogP contribution >= 0.6 is 31.9 Å². The van der Waals surface area contributed by atoms with Gasteiger partial charge in [0.25, 0.3) is 0 Å². The van der Waals surface area contributed by atoms with Crippen molar-refractivity contribution in [2.45, 2.75) is 23.3 Å². The van der Waals surface area contributed by atoms with Crippen molar-refractivity contribution in [3.63, 3.8) is 0 Å². The van der Waals surface area contributed by atoms with Crippen LogP contribution in [0.5, 0.6) is 0 Å². The monoisotopic (exact) mass is 340 g/mol. The van der Waals surface area contributed by atoms with Gasteiger partial charge in [-0.05, 0) is 52.0 Å². The second-order valence-electron chi connectivity index (χ2n) is 3.66. The Morgan fingerprint density at radius 1 is 1.40 bits per heavy atom. The fraction of sp³-hybridized carbons (Fsp3) is 0.400. The molecule has 15 heavy (non-hydrogen) atoms. The molecule has 0 aromatic heterocycles. The van der Waals surface area contributed by atoms with Crippen LogP contribution in [0.2, 0.25) is 0 Å². The number of alkyl halides is 3. The number of hydrogen-bond donors (Lipinski definition) is 1. The molecule has 1 aliphatic rings. The molecule has 0 saturated carbocycles.